The van der Waals surface area contributed by atoms with Gasteiger partial charge in [-0.3, -0.25) is 0 Å². The van der Waals surface area contributed by atoms with E-state index in [0.29, 0.717) is 0 Å². The average Bonchev–Trinajstić information content (AvgIpc) is 2.09. The van der Waals surface area contributed by atoms with Crippen LogP contribution in [0.2, 0.25) is 0 Å². The van der Waals surface area contributed by atoms with Crippen molar-refractivity contribution >= 4 is 5.97 Å². The molecule has 6 heteroatoms. The highest BCUT2D eigenvalue weighted by atomic mass is 16.6. The molecule has 0 saturated carbocycles. The van der Waals surface area contributed by atoms with Gasteiger partial charge < -0.3 is 24.8 Å². The Morgan fingerprint density at radius 1 is 1.46 bits per heavy atom. The fourth-order valence-corrected chi connectivity index (χ4v) is 1.22. The van der Waals surface area contributed by atoms with Crippen LogP contribution >= 0.6 is 0 Å². The topological polar surface area (TPSA) is 96.2 Å². The third-order valence-corrected chi connectivity index (χ3v) is 2.03. The lowest BCUT2D eigenvalue weighted by molar-refractivity contribution is -0.206. The number of methoxy groups -OCH3 is 1. The van der Waals surface area contributed by atoms with Crippen LogP contribution in [0.4, 0.5) is 0 Å². The third kappa shape index (κ3) is 1.97. The lowest BCUT2D eigenvalue weighted by atomic mass is 10.0. The van der Waals surface area contributed by atoms with Gasteiger partial charge in [-0.15, -0.1) is 0 Å². The number of carbonyl (C=O) groups is 1. The normalized spacial score (nSPS) is 40.2. The van der Waals surface area contributed by atoms with Gasteiger partial charge in [-0.05, 0) is 0 Å². The third-order valence-electron chi connectivity index (χ3n) is 2.03. The number of carboxylic acid groups (broad SMARTS) is 1. The van der Waals surface area contributed by atoms with E-state index in [2.05, 4.69) is 0 Å². The van der Waals surface area contributed by atoms with Gasteiger partial charge in [0.05, 0.1) is 6.61 Å². The zero-order valence-corrected chi connectivity index (χ0v) is 7.08. The van der Waals surface area contributed by atoms with Gasteiger partial charge in [0.2, 0.25) is 0 Å². The number of aliphatic carboxylic acids is 1. The van der Waals surface area contributed by atoms with Crippen molar-refractivity contribution in [3.63, 3.8) is 0 Å². The van der Waals surface area contributed by atoms with Crippen LogP contribution in [0.25, 0.3) is 0 Å². The Labute approximate surface area is 74.7 Å². The maximum absolute atomic E-state index is 10.5. The summed E-state index contributed by atoms with van der Waals surface area (Å²) < 4.78 is 9.56. The molecule has 0 aliphatic carbocycles. The maximum Gasteiger partial charge on any atom is 0.335 e. The van der Waals surface area contributed by atoms with E-state index in [9.17, 15) is 15.0 Å². The predicted octanol–water partition coefficient (Wildman–Crippen LogP) is -1.79. The van der Waals surface area contributed by atoms with Crippen molar-refractivity contribution in [2.75, 3.05) is 13.7 Å². The number of hydrogen-bond donors (Lipinski definition) is 3. The van der Waals surface area contributed by atoms with E-state index < -0.39 is 30.4 Å². The Hall–Kier alpha value is -0.690. The minimum absolute atomic E-state index is 0.0360. The molecule has 0 amide bonds. The standard InChI is InChI=1S/C7H12O6/c1-12-3-2-13-6(7(10)11)5(9)4(3)8/h3-6,8-9H,2H2,1H3,(H,10,11)/t3?,4?,5-,6?/m1/s1. The van der Waals surface area contributed by atoms with Crippen LogP contribution in [0.5, 0.6) is 0 Å². The van der Waals surface area contributed by atoms with Gasteiger partial charge in [0.15, 0.2) is 6.10 Å². The number of aliphatic hydroxyl groups excluding tert-OH is 2. The van der Waals surface area contributed by atoms with E-state index in [0.717, 1.165) is 0 Å². The molecule has 6 nitrogen and oxygen atoms in total. The number of ether oxygens (including phenoxy) is 2. The molecule has 13 heavy (non-hydrogen) atoms. The Balaban J connectivity index is 2.64. The van der Waals surface area contributed by atoms with Crippen LogP contribution in [0, 0.1) is 0 Å². The van der Waals surface area contributed by atoms with Gasteiger partial charge in [-0.1, -0.05) is 0 Å². The second-order valence-corrected chi connectivity index (χ2v) is 2.85. The number of hydrogen-bond acceptors (Lipinski definition) is 5. The van der Waals surface area contributed by atoms with Crippen molar-refractivity contribution in [2.24, 2.45) is 0 Å². The van der Waals surface area contributed by atoms with Crippen molar-refractivity contribution in [2.45, 2.75) is 24.4 Å². The van der Waals surface area contributed by atoms with Gasteiger partial charge in [0.25, 0.3) is 0 Å². The van der Waals surface area contributed by atoms with Crippen LogP contribution in [0.3, 0.4) is 0 Å². The zero-order chi connectivity index (χ0) is 10.0. The molecule has 0 radical (unpaired) electrons. The highest BCUT2D eigenvalue weighted by Crippen LogP contribution is 2.17. The minimum Gasteiger partial charge on any atom is -0.479 e. The Bertz CT molecular complexity index is 193. The molecule has 1 saturated heterocycles. The monoisotopic (exact) mass is 192 g/mol. The molecule has 0 aromatic carbocycles. The fourth-order valence-electron chi connectivity index (χ4n) is 1.22. The lowest BCUT2D eigenvalue weighted by Crippen LogP contribution is -2.56. The van der Waals surface area contributed by atoms with Gasteiger partial charge in [0.1, 0.15) is 18.3 Å². The van der Waals surface area contributed by atoms with E-state index in [1.165, 1.54) is 7.11 Å². The van der Waals surface area contributed by atoms with E-state index in [1.54, 1.807) is 0 Å². The second-order valence-electron chi connectivity index (χ2n) is 2.85. The quantitative estimate of drug-likeness (QED) is 0.478. The van der Waals surface area contributed by atoms with Crippen molar-refractivity contribution < 1.29 is 29.6 Å². The molecule has 1 heterocycles. The Morgan fingerprint density at radius 2 is 2.08 bits per heavy atom. The summed E-state index contributed by atoms with van der Waals surface area (Å²) in [7, 11) is 1.35. The first-order valence-electron chi connectivity index (χ1n) is 3.81. The summed E-state index contributed by atoms with van der Waals surface area (Å²) in [6.45, 7) is -0.0360. The summed E-state index contributed by atoms with van der Waals surface area (Å²) in [6.07, 6.45) is -4.72. The lowest BCUT2D eigenvalue weighted by Gasteiger charge is -2.34. The molecule has 0 aromatic heterocycles. The molecule has 1 fully saturated rings. The first-order valence-corrected chi connectivity index (χ1v) is 3.81. The van der Waals surface area contributed by atoms with Crippen LogP contribution in [0.1, 0.15) is 0 Å². The molecule has 0 bridgehead atoms. The predicted molar refractivity (Wildman–Crippen MR) is 40.2 cm³/mol. The molecule has 1 aliphatic heterocycles. The smallest absolute Gasteiger partial charge is 0.335 e. The van der Waals surface area contributed by atoms with Crippen LogP contribution < -0.4 is 0 Å². The SMILES string of the molecule is COC1COC(C(=O)O)[C@H](O)C1O. The molecule has 1 aliphatic rings. The minimum atomic E-state index is -1.45. The van der Waals surface area contributed by atoms with Crippen LogP contribution in [-0.4, -0.2) is 59.4 Å². The summed E-state index contributed by atoms with van der Waals surface area (Å²) >= 11 is 0. The van der Waals surface area contributed by atoms with Gasteiger partial charge >= 0.3 is 5.97 Å². The first-order chi connectivity index (χ1) is 6.07. The molecular weight excluding hydrogens is 180 g/mol. The highest BCUT2D eigenvalue weighted by Gasteiger charge is 2.42. The summed E-state index contributed by atoms with van der Waals surface area (Å²) in [5.74, 6) is -1.29. The molecule has 76 valence electrons. The Kier molecular flexibility index (Phi) is 3.21. The summed E-state index contributed by atoms with van der Waals surface area (Å²) in [4.78, 5) is 10.5. The molecule has 0 aromatic rings. The first kappa shape index (κ1) is 10.4. The van der Waals surface area contributed by atoms with E-state index in [4.69, 9.17) is 14.6 Å². The average molecular weight is 192 g/mol. The zero-order valence-electron chi connectivity index (χ0n) is 7.08. The molecule has 1 rings (SSSR count). The number of carboxylic acids is 1. The van der Waals surface area contributed by atoms with E-state index >= 15 is 0 Å². The van der Waals surface area contributed by atoms with E-state index in [-0.39, 0.29) is 6.61 Å². The second kappa shape index (κ2) is 4.01. The molecule has 3 unspecified atom stereocenters. The number of rotatable bonds is 2. The van der Waals surface area contributed by atoms with Crippen molar-refractivity contribution in [3.05, 3.63) is 0 Å². The van der Waals surface area contributed by atoms with E-state index in [1.807, 2.05) is 0 Å². The Morgan fingerprint density at radius 3 is 2.54 bits per heavy atom. The molecule has 0 spiro atoms. The summed E-state index contributed by atoms with van der Waals surface area (Å²) in [6, 6.07) is 0. The molecule has 3 N–H and O–H groups in total. The highest BCUT2D eigenvalue weighted by molar-refractivity contribution is 5.73. The largest absolute Gasteiger partial charge is 0.479 e. The maximum atomic E-state index is 10.5. The fraction of sp³-hybridized carbons (Fsp3) is 0.857. The van der Waals surface area contributed by atoms with Crippen molar-refractivity contribution in [1.29, 1.82) is 0 Å². The van der Waals surface area contributed by atoms with Crippen molar-refractivity contribution in [3.8, 4) is 0 Å². The summed E-state index contributed by atoms with van der Waals surface area (Å²) in [5.41, 5.74) is 0. The van der Waals surface area contributed by atoms with Gasteiger partial charge in [-0.2, -0.15) is 0 Å². The summed E-state index contributed by atoms with van der Waals surface area (Å²) in [5, 5.41) is 27.2. The van der Waals surface area contributed by atoms with Gasteiger partial charge in [-0.25, -0.2) is 4.79 Å². The molecular formula is C7H12O6. The van der Waals surface area contributed by atoms with Gasteiger partial charge in [0, 0.05) is 7.11 Å². The number of aliphatic hydroxyl groups is 2. The van der Waals surface area contributed by atoms with Crippen molar-refractivity contribution in [1.82, 2.24) is 0 Å². The van der Waals surface area contributed by atoms with Crippen LogP contribution in [0.15, 0.2) is 0 Å². The van der Waals surface area contributed by atoms with Crippen LogP contribution in [-0.2, 0) is 14.3 Å². The molecule has 4 atom stereocenters.